The summed E-state index contributed by atoms with van der Waals surface area (Å²) in [6.45, 7) is 5.34. The number of pyridine rings is 1. The first-order chi connectivity index (χ1) is 18.2. The standard InChI is InChI=1S/C31H46N2O5/c1-3-38-29(36)26-19-33(27(34)18-25(26)24-11-12-24)21-31(37)15-16-32(20-30(31)13-7-8-14-30)28(35)22(2)17-23-9-5-4-6-10-23/h18-19,22-24,37H,3-17,20-21H2,1-2H3/t22-,31?/m1/s1. The Hall–Kier alpha value is -2.15. The number of amides is 1. The van der Waals surface area contributed by atoms with Crippen molar-refractivity contribution in [3.05, 3.63) is 33.7 Å². The van der Waals surface area contributed by atoms with E-state index in [4.69, 9.17) is 4.74 Å². The number of carbonyl (C=O) groups is 2. The number of esters is 1. The molecule has 1 amide bonds. The van der Waals surface area contributed by atoms with Crippen molar-refractivity contribution >= 4 is 11.9 Å². The van der Waals surface area contributed by atoms with Gasteiger partial charge in [-0.05, 0) is 62.8 Å². The third kappa shape index (κ3) is 5.45. The van der Waals surface area contributed by atoms with Crippen molar-refractivity contribution in [1.82, 2.24) is 9.47 Å². The van der Waals surface area contributed by atoms with Crippen molar-refractivity contribution in [1.29, 1.82) is 0 Å². The predicted molar refractivity (Wildman–Crippen MR) is 146 cm³/mol. The molecule has 1 saturated heterocycles. The molecule has 1 aliphatic heterocycles. The summed E-state index contributed by atoms with van der Waals surface area (Å²) in [6, 6.07) is 1.58. The molecule has 2 atom stereocenters. The van der Waals surface area contributed by atoms with Crippen molar-refractivity contribution in [3.8, 4) is 0 Å². The first kappa shape index (κ1) is 27.4. The van der Waals surface area contributed by atoms with E-state index >= 15 is 0 Å². The second-order valence-electron chi connectivity index (χ2n) is 12.8. The van der Waals surface area contributed by atoms with Crippen LogP contribution < -0.4 is 5.56 Å². The molecule has 4 aliphatic rings. The SMILES string of the molecule is CCOC(=O)c1cn(CC2(O)CCN(C(=O)[C@H](C)CC3CCCCC3)CC23CCCC3)c(=O)cc1C1CC1. The van der Waals surface area contributed by atoms with Crippen LogP contribution in [0.1, 0.15) is 119 Å². The van der Waals surface area contributed by atoms with Gasteiger partial charge in [-0.15, -0.1) is 0 Å². The van der Waals surface area contributed by atoms with E-state index < -0.39 is 17.0 Å². The molecule has 0 aromatic carbocycles. The molecule has 2 heterocycles. The number of rotatable bonds is 8. The number of piperidine rings is 1. The summed E-state index contributed by atoms with van der Waals surface area (Å²) in [6.07, 6.45) is 15.1. The highest BCUT2D eigenvalue weighted by molar-refractivity contribution is 5.91. The molecule has 1 aromatic heterocycles. The molecule has 210 valence electrons. The summed E-state index contributed by atoms with van der Waals surface area (Å²) >= 11 is 0. The van der Waals surface area contributed by atoms with Gasteiger partial charge in [-0.25, -0.2) is 4.79 Å². The highest BCUT2D eigenvalue weighted by Crippen LogP contribution is 2.52. The first-order valence-electron chi connectivity index (χ1n) is 15.2. The molecule has 3 saturated carbocycles. The van der Waals surface area contributed by atoms with Crippen LogP contribution in [0.4, 0.5) is 0 Å². The zero-order chi connectivity index (χ0) is 26.9. The van der Waals surface area contributed by atoms with Gasteiger partial charge in [0.1, 0.15) is 0 Å². The number of likely N-dealkylation sites (tertiary alicyclic amines) is 1. The molecule has 7 heteroatoms. The van der Waals surface area contributed by atoms with Crippen LogP contribution in [-0.2, 0) is 16.1 Å². The van der Waals surface area contributed by atoms with Crippen molar-refractivity contribution in [2.45, 2.75) is 115 Å². The zero-order valence-corrected chi connectivity index (χ0v) is 23.4. The summed E-state index contributed by atoms with van der Waals surface area (Å²) in [4.78, 5) is 41.5. The second-order valence-corrected chi connectivity index (χ2v) is 12.8. The Kier molecular flexibility index (Phi) is 8.04. The topological polar surface area (TPSA) is 88.8 Å². The van der Waals surface area contributed by atoms with E-state index in [1.54, 1.807) is 19.2 Å². The minimum atomic E-state index is -1.11. The lowest BCUT2D eigenvalue weighted by Crippen LogP contribution is -2.62. The Morgan fingerprint density at radius 3 is 2.45 bits per heavy atom. The number of nitrogens with zero attached hydrogens (tertiary/aromatic N) is 2. The molecule has 4 fully saturated rings. The van der Waals surface area contributed by atoms with E-state index in [0.717, 1.165) is 50.5 Å². The van der Waals surface area contributed by atoms with Gasteiger partial charge in [0.2, 0.25) is 5.91 Å². The molecule has 7 nitrogen and oxygen atoms in total. The van der Waals surface area contributed by atoms with Gasteiger partial charge in [-0.2, -0.15) is 0 Å². The smallest absolute Gasteiger partial charge is 0.339 e. The third-order valence-corrected chi connectivity index (χ3v) is 10.1. The zero-order valence-electron chi connectivity index (χ0n) is 23.4. The van der Waals surface area contributed by atoms with Gasteiger partial charge in [0, 0.05) is 36.7 Å². The average Bonchev–Trinajstić information content (AvgIpc) is 3.65. The molecule has 0 bridgehead atoms. The molecular formula is C31H46N2O5. The Labute approximate surface area is 226 Å². The van der Waals surface area contributed by atoms with Crippen molar-refractivity contribution in [3.63, 3.8) is 0 Å². The minimum Gasteiger partial charge on any atom is -0.462 e. The van der Waals surface area contributed by atoms with Crippen molar-refractivity contribution in [2.24, 2.45) is 17.3 Å². The van der Waals surface area contributed by atoms with E-state index in [2.05, 4.69) is 6.92 Å². The predicted octanol–water partition coefficient (Wildman–Crippen LogP) is 5.03. The summed E-state index contributed by atoms with van der Waals surface area (Å²) in [5.41, 5.74) is -0.489. The minimum absolute atomic E-state index is 0.00692. The highest BCUT2D eigenvalue weighted by atomic mass is 16.5. The number of hydrogen-bond acceptors (Lipinski definition) is 5. The van der Waals surface area contributed by atoms with Gasteiger partial charge < -0.3 is 19.3 Å². The molecule has 1 spiro atoms. The van der Waals surface area contributed by atoms with Crippen LogP contribution in [0.15, 0.2) is 17.1 Å². The Morgan fingerprint density at radius 1 is 1.08 bits per heavy atom. The maximum Gasteiger partial charge on any atom is 0.339 e. The van der Waals surface area contributed by atoms with E-state index in [-0.39, 0.29) is 36.5 Å². The van der Waals surface area contributed by atoms with Gasteiger partial charge >= 0.3 is 5.97 Å². The molecule has 1 unspecified atom stereocenters. The quantitative estimate of drug-likeness (QED) is 0.480. The fraction of sp³-hybridized carbons (Fsp3) is 0.774. The molecule has 1 N–H and O–H groups in total. The Morgan fingerprint density at radius 2 is 1.79 bits per heavy atom. The number of hydrogen-bond donors (Lipinski definition) is 1. The Balaban J connectivity index is 1.35. The summed E-state index contributed by atoms with van der Waals surface area (Å²) < 4.78 is 6.84. The van der Waals surface area contributed by atoms with Gasteiger partial charge in [0.25, 0.3) is 5.56 Å². The van der Waals surface area contributed by atoms with Gasteiger partial charge in [0.05, 0.1) is 24.3 Å². The Bertz CT molecular complexity index is 1080. The van der Waals surface area contributed by atoms with Crippen LogP contribution in [-0.4, -0.2) is 51.7 Å². The lowest BCUT2D eigenvalue weighted by molar-refractivity contribution is -0.163. The lowest BCUT2D eigenvalue weighted by atomic mass is 9.65. The van der Waals surface area contributed by atoms with E-state index in [1.807, 2.05) is 4.90 Å². The first-order valence-corrected chi connectivity index (χ1v) is 15.2. The van der Waals surface area contributed by atoms with Gasteiger partial charge in [-0.3, -0.25) is 9.59 Å². The maximum atomic E-state index is 13.6. The summed E-state index contributed by atoms with van der Waals surface area (Å²) in [5, 5.41) is 12.2. The summed E-state index contributed by atoms with van der Waals surface area (Å²) in [7, 11) is 0. The third-order valence-electron chi connectivity index (χ3n) is 10.1. The highest BCUT2D eigenvalue weighted by Gasteiger charge is 2.56. The second kappa shape index (κ2) is 11.1. The monoisotopic (exact) mass is 526 g/mol. The molecule has 0 radical (unpaired) electrons. The van der Waals surface area contributed by atoms with Crippen molar-refractivity contribution < 1.29 is 19.4 Å². The van der Waals surface area contributed by atoms with Crippen LogP contribution in [0.5, 0.6) is 0 Å². The van der Waals surface area contributed by atoms with Crippen molar-refractivity contribution in [2.75, 3.05) is 19.7 Å². The lowest BCUT2D eigenvalue weighted by Gasteiger charge is -2.53. The van der Waals surface area contributed by atoms with E-state index in [0.29, 0.717) is 31.0 Å². The molecule has 3 aliphatic carbocycles. The van der Waals surface area contributed by atoms with Gasteiger partial charge in [-0.1, -0.05) is 51.9 Å². The normalized spacial score (nSPS) is 26.4. The summed E-state index contributed by atoms with van der Waals surface area (Å²) in [5.74, 6) is 0.722. The average molecular weight is 527 g/mol. The number of carbonyl (C=O) groups excluding carboxylic acids is 2. The van der Waals surface area contributed by atoms with Crippen LogP contribution in [0, 0.1) is 17.3 Å². The fourth-order valence-corrected chi connectivity index (χ4v) is 7.73. The largest absolute Gasteiger partial charge is 0.462 e. The molecular weight excluding hydrogens is 480 g/mol. The number of aliphatic hydroxyl groups is 1. The number of aromatic nitrogens is 1. The number of ether oxygens (including phenoxy) is 1. The molecule has 1 aromatic rings. The van der Waals surface area contributed by atoms with E-state index in [1.165, 1.54) is 36.7 Å². The van der Waals surface area contributed by atoms with Crippen LogP contribution >= 0.6 is 0 Å². The van der Waals surface area contributed by atoms with Gasteiger partial charge in [0.15, 0.2) is 0 Å². The van der Waals surface area contributed by atoms with E-state index in [9.17, 15) is 19.5 Å². The maximum absolute atomic E-state index is 13.6. The van der Waals surface area contributed by atoms with Crippen LogP contribution in [0.25, 0.3) is 0 Å². The van der Waals surface area contributed by atoms with Crippen LogP contribution in [0.3, 0.4) is 0 Å². The fourth-order valence-electron chi connectivity index (χ4n) is 7.73. The molecule has 38 heavy (non-hydrogen) atoms. The molecule has 5 rings (SSSR count). The van der Waals surface area contributed by atoms with Crippen LogP contribution in [0.2, 0.25) is 0 Å².